The minimum Gasteiger partial charge on any atom is -0.136 e. The summed E-state index contributed by atoms with van der Waals surface area (Å²) in [5.74, 6) is 0.778. The van der Waals surface area contributed by atoms with Gasteiger partial charge in [-0.3, -0.25) is 0 Å². The van der Waals surface area contributed by atoms with Gasteiger partial charge in [-0.1, -0.05) is 51.7 Å². The van der Waals surface area contributed by atoms with Gasteiger partial charge in [0.05, 0.1) is 0 Å². The van der Waals surface area contributed by atoms with Gasteiger partial charge in [0, 0.05) is 4.20 Å². The van der Waals surface area contributed by atoms with E-state index in [-0.39, 0.29) is 0 Å². The van der Waals surface area contributed by atoms with Crippen LogP contribution in [0.1, 0.15) is 46.0 Å². The van der Waals surface area contributed by atoms with Crippen LogP contribution in [-0.4, -0.2) is 4.20 Å². The molecule has 0 fully saturated rings. The zero-order valence-electron chi connectivity index (χ0n) is 7.47. The number of thiol groups is 1. The van der Waals surface area contributed by atoms with Gasteiger partial charge in [0.2, 0.25) is 0 Å². The highest BCUT2D eigenvalue weighted by atomic mass is 32.1. The maximum atomic E-state index is 4.95. The molecule has 0 spiro atoms. The Morgan fingerprint density at radius 3 is 2.45 bits per heavy atom. The minimum absolute atomic E-state index is 0.778. The molecule has 0 aliphatic rings. The first-order chi connectivity index (χ1) is 5.20. The highest BCUT2D eigenvalue weighted by molar-refractivity contribution is 8.11. The molecule has 66 valence electrons. The van der Waals surface area contributed by atoms with E-state index in [1.165, 1.54) is 25.7 Å². The summed E-state index contributed by atoms with van der Waals surface area (Å²) in [5, 5.41) is 0. The summed E-state index contributed by atoms with van der Waals surface area (Å²) in [6.07, 6.45) is 6.19. The molecule has 1 unspecified atom stereocenters. The first-order valence-corrected chi connectivity index (χ1v) is 5.28. The van der Waals surface area contributed by atoms with Crippen LogP contribution in [0.2, 0.25) is 0 Å². The number of hydrogen-bond donors (Lipinski definition) is 1. The van der Waals surface area contributed by atoms with Gasteiger partial charge in [0.1, 0.15) is 0 Å². The Kier molecular flexibility index (Phi) is 7.39. The fraction of sp³-hybridized carbons (Fsp3) is 0.889. The molecule has 0 aromatic heterocycles. The average Bonchev–Trinajstić information content (AvgIpc) is 1.97. The molecule has 0 saturated heterocycles. The third-order valence-corrected chi connectivity index (χ3v) is 2.36. The summed E-state index contributed by atoms with van der Waals surface area (Å²) in [5.41, 5.74) is 0. The molecule has 0 nitrogen and oxygen atoms in total. The van der Waals surface area contributed by atoms with Crippen LogP contribution in [0.3, 0.4) is 0 Å². The Morgan fingerprint density at radius 1 is 1.45 bits per heavy atom. The molecule has 2 heteroatoms. The molecule has 0 radical (unpaired) electrons. The molecule has 0 saturated carbocycles. The van der Waals surface area contributed by atoms with Crippen molar-refractivity contribution in [2.45, 2.75) is 46.0 Å². The molecule has 0 heterocycles. The van der Waals surface area contributed by atoms with E-state index in [0.29, 0.717) is 0 Å². The van der Waals surface area contributed by atoms with E-state index in [4.69, 9.17) is 12.2 Å². The average molecular weight is 190 g/mol. The molecular weight excluding hydrogens is 172 g/mol. The van der Waals surface area contributed by atoms with Gasteiger partial charge in [0.15, 0.2) is 0 Å². The predicted molar refractivity (Wildman–Crippen MR) is 59.5 cm³/mol. The lowest BCUT2D eigenvalue weighted by Gasteiger charge is -2.12. The standard InChI is InChI=1S/C9H18S2/c1-3-5-6-8(4-2)7-9(10)11/h8H,3-7H2,1-2H3,(H,10,11). The van der Waals surface area contributed by atoms with Crippen molar-refractivity contribution in [2.75, 3.05) is 0 Å². The van der Waals surface area contributed by atoms with Gasteiger partial charge < -0.3 is 0 Å². The van der Waals surface area contributed by atoms with E-state index in [2.05, 4.69) is 26.5 Å². The third-order valence-electron chi connectivity index (χ3n) is 2.01. The van der Waals surface area contributed by atoms with Crippen molar-refractivity contribution in [3.63, 3.8) is 0 Å². The quantitative estimate of drug-likeness (QED) is 0.490. The van der Waals surface area contributed by atoms with E-state index in [9.17, 15) is 0 Å². The predicted octanol–water partition coefficient (Wildman–Crippen LogP) is 3.85. The van der Waals surface area contributed by atoms with Gasteiger partial charge in [-0.05, 0) is 12.3 Å². The van der Waals surface area contributed by atoms with Gasteiger partial charge in [-0.15, -0.1) is 12.6 Å². The molecule has 0 amide bonds. The number of thiocarbonyl (C=S) groups is 1. The number of unbranched alkanes of at least 4 members (excludes halogenated alkanes) is 1. The van der Waals surface area contributed by atoms with Crippen LogP contribution < -0.4 is 0 Å². The van der Waals surface area contributed by atoms with Gasteiger partial charge in [0.25, 0.3) is 0 Å². The number of rotatable bonds is 6. The Morgan fingerprint density at radius 2 is 2.09 bits per heavy atom. The van der Waals surface area contributed by atoms with Crippen LogP contribution in [0.5, 0.6) is 0 Å². The van der Waals surface area contributed by atoms with E-state index in [0.717, 1.165) is 16.5 Å². The van der Waals surface area contributed by atoms with Crippen molar-refractivity contribution in [2.24, 2.45) is 5.92 Å². The van der Waals surface area contributed by atoms with Crippen molar-refractivity contribution < 1.29 is 0 Å². The van der Waals surface area contributed by atoms with Crippen LogP contribution in [0.4, 0.5) is 0 Å². The monoisotopic (exact) mass is 190 g/mol. The molecular formula is C9H18S2. The lowest BCUT2D eigenvalue weighted by Crippen LogP contribution is -2.01. The molecule has 11 heavy (non-hydrogen) atoms. The fourth-order valence-corrected chi connectivity index (χ4v) is 1.68. The van der Waals surface area contributed by atoms with Crippen LogP contribution in [0.15, 0.2) is 0 Å². The lowest BCUT2D eigenvalue weighted by atomic mass is 9.97. The van der Waals surface area contributed by atoms with Crippen LogP contribution in [-0.2, 0) is 0 Å². The first-order valence-electron chi connectivity index (χ1n) is 4.42. The van der Waals surface area contributed by atoms with Crippen molar-refractivity contribution in [3.05, 3.63) is 0 Å². The largest absolute Gasteiger partial charge is 0.136 e. The van der Waals surface area contributed by atoms with E-state index >= 15 is 0 Å². The van der Waals surface area contributed by atoms with Crippen molar-refractivity contribution >= 4 is 29.0 Å². The summed E-state index contributed by atoms with van der Waals surface area (Å²) >= 11 is 9.10. The van der Waals surface area contributed by atoms with Crippen molar-refractivity contribution in [1.82, 2.24) is 0 Å². The third kappa shape index (κ3) is 6.82. The Hall–Kier alpha value is 0.440. The van der Waals surface area contributed by atoms with E-state index < -0.39 is 0 Å². The number of hydrogen-bond acceptors (Lipinski definition) is 1. The minimum atomic E-state index is 0.778. The molecule has 0 aliphatic carbocycles. The Balaban J connectivity index is 3.49. The second kappa shape index (κ2) is 7.11. The van der Waals surface area contributed by atoms with Crippen LogP contribution >= 0.6 is 24.8 Å². The highest BCUT2D eigenvalue weighted by Crippen LogP contribution is 2.18. The second-order valence-corrected chi connectivity index (χ2v) is 4.35. The summed E-state index contributed by atoms with van der Waals surface area (Å²) in [6.45, 7) is 4.46. The molecule has 0 N–H and O–H groups in total. The van der Waals surface area contributed by atoms with Crippen molar-refractivity contribution in [3.8, 4) is 0 Å². The van der Waals surface area contributed by atoms with Crippen LogP contribution in [0.25, 0.3) is 0 Å². The Bertz CT molecular complexity index is 110. The van der Waals surface area contributed by atoms with Crippen molar-refractivity contribution in [1.29, 1.82) is 0 Å². The molecule has 0 aromatic rings. The zero-order valence-corrected chi connectivity index (χ0v) is 9.18. The molecule has 0 bridgehead atoms. The molecule has 0 rings (SSSR count). The Labute approximate surface area is 81.2 Å². The zero-order chi connectivity index (χ0) is 8.69. The maximum Gasteiger partial charge on any atom is 0.0450 e. The summed E-state index contributed by atoms with van der Waals surface area (Å²) in [6, 6.07) is 0. The lowest BCUT2D eigenvalue weighted by molar-refractivity contribution is 0.470. The molecule has 0 aromatic carbocycles. The topological polar surface area (TPSA) is 0 Å². The van der Waals surface area contributed by atoms with Gasteiger partial charge in [-0.25, -0.2) is 0 Å². The van der Waals surface area contributed by atoms with E-state index in [1.807, 2.05) is 0 Å². The molecule has 1 atom stereocenters. The van der Waals surface area contributed by atoms with E-state index in [1.54, 1.807) is 0 Å². The smallest absolute Gasteiger partial charge is 0.0450 e. The normalized spacial score (nSPS) is 13.0. The fourth-order valence-electron chi connectivity index (χ4n) is 1.19. The van der Waals surface area contributed by atoms with Gasteiger partial charge >= 0.3 is 0 Å². The maximum absolute atomic E-state index is 4.95. The highest BCUT2D eigenvalue weighted by Gasteiger charge is 2.05. The molecule has 0 aliphatic heterocycles. The summed E-state index contributed by atoms with van der Waals surface area (Å²) in [7, 11) is 0. The SMILES string of the molecule is CCCCC(CC)CC(=S)S. The van der Waals surface area contributed by atoms with Crippen LogP contribution in [0, 0.1) is 5.92 Å². The summed E-state index contributed by atoms with van der Waals surface area (Å²) in [4.78, 5) is 0. The summed E-state index contributed by atoms with van der Waals surface area (Å²) < 4.78 is 0.868. The second-order valence-electron chi connectivity index (χ2n) is 3.01. The first kappa shape index (κ1) is 11.4. The van der Waals surface area contributed by atoms with Gasteiger partial charge in [-0.2, -0.15) is 0 Å².